The standard InChI is InChI=1S/C23H24ClN5O2/c1-28-13-23(14-28)10-19(12-31-23)27-20(30)11-29-15-26-21(16-2-4-18(24)5-3-16)22(29)17-6-8-25-9-7-17/h2-9,15,19H,10-14H2,1H3,(H,27,30). The first-order valence-corrected chi connectivity index (χ1v) is 10.7. The lowest BCUT2D eigenvalue weighted by Gasteiger charge is -2.45. The molecule has 3 aromatic rings. The number of ether oxygens (including phenoxy) is 1. The lowest BCUT2D eigenvalue weighted by Crippen LogP contribution is -2.60. The highest BCUT2D eigenvalue weighted by Gasteiger charge is 2.48. The van der Waals surface area contributed by atoms with Gasteiger partial charge in [0.05, 0.1) is 36.0 Å². The van der Waals surface area contributed by atoms with Crippen LogP contribution in [0.2, 0.25) is 5.02 Å². The van der Waals surface area contributed by atoms with Crippen molar-refractivity contribution in [2.75, 3.05) is 26.7 Å². The molecule has 160 valence electrons. The van der Waals surface area contributed by atoms with E-state index in [0.29, 0.717) is 11.6 Å². The van der Waals surface area contributed by atoms with Crippen molar-refractivity contribution in [3.63, 3.8) is 0 Å². The molecule has 5 rings (SSSR count). The first-order valence-electron chi connectivity index (χ1n) is 10.3. The van der Waals surface area contributed by atoms with Crippen LogP contribution in [-0.2, 0) is 16.1 Å². The van der Waals surface area contributed by atoms with Crippen molar-refractivity contribution in [3.05, 3.63) is 60.1 Å². The van der Waals surface area contributed by atoms with Crippen molar-refractivity contribution < 1.29 is 9.53 Å². The predicted octanol–water partition coefficient (Wildman–Crippen LogP) is 2.85. The number of likely N-dealkylation sites (tertiary alicyclic amines) is 1. The summed E-state index contributed by atoms with van der Waals surface area (Å²) in [4.78, 5) is 23.8. The third kappa shape index (κ3) is 4.08. The van der Waals surface area contributed by atoms with Crippen LogP contribution < -0.4 is 5.32 Å². The quantitative estimate of drug-likeness (QED) is 0.664. The van der Waals surface area contributed by atoms with E-state index in [4.69, 9.17) is 16.3 Å². The molecule has 2 aliphatic heterocycles. The van der Waals surface area contributed by atoms with Crippen molar-refractivity contribution in [3.8, 4) is 22.5 Å². The summed E-state index contributed by atoms with van der Waals surface area (Å²) < 4.78 is 7.87. The Morgan fingerprint density at radius 3 is 2.65 bits per heavy atom. The van der Waals surface area contributed by atoms with Crippen molar-refractivity contribution in [2.24, 2.45) is 0 Å². The molecule has 4 heterocycles. The maximum atomic E-state index is 12.9. The second kappa shape index (κ2) is 8.07. The van der Waals surface area contributed by atoms with Gasteiger partial charge in [0.15, 0.2) is 0 Å². The van der Waals surface area contributed by atoms with E-state index >= 15 is 0 Å². The lowest BCUT2D eigenvalue weighted by atomic mass is 9.90. The van der Waals surface area contributed by atoms with Crippen LogP contribution in [0.25, 0.3) is 22.5 Å². The third-order valence-electron chi connectivity index (χ3n) is 5.91. The largest absolute Gasteiger partial charge is 0.370 e. The summed E-state index contributed by atoms with van der Waals surface area (Å²) in [6.07, 6.45) is 6.06. The monoisotopic (exact) mass is 437 g/mol. The number of amides is 1. The minimum Gasteiger partial charge on any atom is -0.370 e. The summed E-state index contributed by atoms with van der Waals surface area (Å²) in [6.45, 7) is 2.60. The average Bonchev–Trinajstić information content (AvgIpc) is 3.34. The van der Waals surface area contributed by atoms with Crippen LogP contribution in [0.15, 0.2) is 55.1 Å². The Morgan fingerprint density at radius 1 is 1.19 bits per heavy atom. The van der Waals surface area contributed by atoms with Crippen LogP contribution in [0, 0.1) is 0 Å². The summed E-state index contributed by atoms with van der Waals surface area (Å²) in [5.41, 5.74) is 3.49. The first-order chi connectivity index (χ1) is 15.0. The Labute approximate surface area is 186 Å². The summed E-state index contributed by atoms with van der Waals surface area (Å²) in [6, 6.07) is 11.4. The minimum absolute atomic E-state index is 0.0461. The zero-order chi connectivity index (χ0) is 21.4. The van der Waals surface area contributed by atoms with Crippen molar-refractivity contribution in [1.82, 2.24) is 24.8 Å². The number of nitrogens with zero attached hydrogens (tertiary/aromatic N) is 4. The van der Waals surface area contributed by atoms with Gasteiger partial charge in [0, 0.05) is 48.1 Å². The number of hydrogen-bond acceptors (Lipinski definition) is 5. The van der Waals surface area contributed by atoms with E-state index in [2.05, 4.69) is 27.2 Å². The predicted molar refractivity (Wildman–Crippen MR) is 119 cm³/mol. The molecule has 2 aliphatic rings. The van der Waals surface area contributed by atoms with Crippen LogP contribution in [0.4, 0.5) is 0 Å². The van der Waals surface area contributed by atoms with Gasteiger partial charge in [-0.15, -0.1) is 0 Å². The van der Waals surface area contributed by atoms with Crippen molar-refractivity contribution in [1.29, 1.82) is 0 Å². The van der Waals surface area contributed by atoms with E-state index in [0.717, 1.165) is 42.0 Å². The molecular formula is C23H24ClN5O2. The number of imidazole rings is 1. The van der Waals surface area contributed by atoms with Gasteiger partial charge in [-0.3, -0.25) is 9.78 Å². The molecule has 31 heavy (non-hydrogen) atoms. The molecule has 2 fully saturated rings. The lowest BCUT2D eigenvalue weighted by molar-refractivity contribution is -0.122. The van der Waals surface area contributed by atoms with Gasteiger partial charge in [-0.25, -0.2) is 4.98 Å². The number of carbonyl (C=O) groups is 1. The molecular weight excluding hydrogens is 414 g/mol. The fourth-order valence-corrected chi connectivity index (χ4v) is 4.78. The average molecular weight is 438 g/mol. The molecule has 1 spiro atoms. The molecule has 0 radical (unpaired) electrons. The van der Waals surface area contributed by atoms with Crippen LogP contribution >= 0.6 is 11.6 Å². The fourth-order valence-electron chi connectivity index (χ4n) is 4.66. The molecule has 1 amide bonds. The van der Waals surface area contributed by atoms with E-state index in [9.17, 15) is 4.79 Å². The van der Waals surface area contributed by atoms with Crippen molar-refractivity contribution >= 4 is 17.5 Å². The zero-order valence-corrected chi connectivity index (χ0v) is 18.0. The minimum atomic E-state index is -0.0777. The normalized spacial score (nSPS) is 20.0. The Hall–Kier alpha value is -2.74. The number of halogens is 1. The second-order valence-corrected chi connectivity index (χ2v) is 8.88. The number of rotatable bonds is 5. The Kier molecular flexibility index (Phi) is 5.25. The highest BCUT2D eigenvalue weighted by molar-refractivity contribution is 6.30. The van der Waals surface area contributed by atoms with Gasteiger partial charge in [0.1, 0.15) is 6.54 Å². The number of likely N-dealkylation sites (N-methyl/N-ethyl adjacent to an activating group) is 1. The summed E-state index contributed by atoms with van der Waals surface area (Å²) >= 11 is 6.05. The van der Waals surface area contributed by atoms with Crippen LogP contribution in [0.3, 0.4) is 0 Å². The van der Waals surface area contributed by atoms with E-state index in [1.807, 2.05) is 41.0 Å². The van der Waals surface area contributed by atoms with Gasteiger partial charge in [0.2, 0.25) is 5.91 Å². The van der Waals surface area contributed by atoms with Gasteiger partial charge in [-0.05, 0) is 31.3 Å². The van der Waals surface area contributed by atoms with E-state index in [1.54, 1.807) is 18.7 Å². The fraction of sp³-hybridized carbons (Fsp3) is 0.348. The third-order valence-corrected chi connectivity index (χ3v) is 6.17. The van der Waals surface area contributed by atoms with Crippen LogP contribution in [-0.4, -0.2) is 63.7 Å². The number of aromatic nitrogens is 3. The molecule has 1 unspecified atom stereocenters. The first kappa shape index (κ1) is 20.2. The second-order valence-electron chi connectivity index (χ2n) is 8.45. The number of carbonyl (C=O) groups excluding carboxylic acids is 1. The Balaban J connectivity index is 1.36. The molecule has 1 aromatic carbocycles. The molecule has 0 aliphatic carbocycles. The molecule has 8 heteroatoms. The summed E-state index contributed by atoms with van der Waals surface area (Å²) in [5, 5.41) is 3.81. The van der Waals surface area contributed by atoms with Gasteiger partial charge in [-0.1, -0.05) is 23.7 Å². The van der Waals surface area contributed by atoms with Crippen LogP contribution in [0.5, 0.6) is 0 Å². The van der Waals surface area contributed by atoms with Crippen LogP contribution in [0.1, 0.15) is 6.42 Å². The van der Waals surface area contributed by atoms with Crippen molar-refractivity contribution in [2.45, 2.75) is 24.6 Å². The highest BCUT2D eigenvalue weighted by Crippen LogP contribution is 2.34. The molecule has 0 bridgehead atoms. The molecule has 2 saturated heterocycles. The molecule has 1 N–H and O–H groups in total. The summed E-state index contributed by atoms with van der Waals surface area (Å²) in [7, 11) is 2.08. The van der Waals surface area contributed by atoms with E-state index in [1.165, 1.54) is 0 Å². The highest BCUT2D eigenvalue weighted by atomic mass is 35.5. The van der Waals surface area contributed by atoms with E-state index < -0.39 is 0 Å². The topological polar surface area (TPSA) is 72.3 Å². The molecule has 2 aromatic heterocycles. The number of hydrogen-bond donors (Lipinski definition) is 1. The number of benzene rings is 1. The zero-order valence-electron chi connectivity index (χ0n) is 17.3. The summed E-state index contributed by atoms with van der Waals surface area (Å²) in [5.74, 6) is -0.0475. The smallest absolute Gasteiger partial charge is 0.240 e. The van der Waals surface area contributed by atoms with E-state index in [-0.39, 0.29) is 24.1 Å². The molecule has 0 saturated carbocycles. The SMILES string of the molecule is CN1CC2(CC(NC(=O)Cn3cnc(-c4ccc(Cl)cc4)c3-c3ccncc3)CO2)C1. The van der Waals surface area contributed by atoms with Gasteiger partial charge < -0.3 is 19.5 Å². The number of nitrogens with one attached hydrogen (secondary N) is 1. The Morgan fingerprint density at radius 2 is 1.94 bits per heavy atom. The Bertz CT molecular complexity index is 1080. The maximum absolute atomic E-state index is 12.9. The molecule has 7 nitrogen and oxygen atoms in total. The number of pyridine rings is 1. The molecule has 1 atom stereocenters. The maximum Gasteiger partial charge on any atom is 0.240 e. The van der Waals surface area contributed by atoms with Gasteiger partial charge in [0.25, 0.3) is 0 Å². The van der Waals surface area contributed by atoms with Gasteiger partial charge >= 0.3 is 0 Å². The van der Waals surface area contributed by atoms with Gasteiger partial charge in [-0.2, -0.15) is 0 Å².